The number of allylic oxidation sites excluding steroid dienone is 2. The summed E-state index contributed by atoms with van der Waals surface area (Å²) in [7, 11) is 0. The number of hydrogen-bond donors (Lipinski definition) is 2. The summed E-state index contributed by atoms with van der Waals surface area (Å²) in [6.45, 7) is 1.46. The summed E-state index contributed by atoms with van der Waals surface area (Å²) in [5, 5.41) is 16.8. The molecule has 0 unspecified atom stereocenters. The number of hydrogen-bond acceptors (Lipinski definition) is 5. The fourth-order valence-electron chi connectivity index (χ4n) is 0.674. The van der Waals surface area contributed by atoms with Gasteiger partial charge in [0.05, 0.1) is 11.5 Å². The van der Waals surface area contributed by atoms with Gasteiger partial charge in [-0.3, -0.25) is 9.59 Å². The van der Waals surface area contributed by atoms with E-state index in [1.54, 1.807) is 6.07 Å². The number of nitrogens with zero attached hydrogens (tertiary/aromatic N) is 1. The molecule has 0 atom stereocenters. The van der Waals surface area contributed by atoms with Gasteiger partial charge in [0.25, 0.3) is 0 Å². The number of carboxylic acid groups (broad SMARTS) is 1. The molecule has 6 heteroatoms. The van der Waals surface area contributed by atoms with Gasteiger partial charge in [-0.15, -0.1) is 11.8 Å². The highest BCUT2D eigenvalue weighted by Crippen LogP contribution is 2.06. The maximum Gasteiger partial charge on any atom is 0.313 e. The third-order valence-corrected chi connectivity index (χ3v) is 2.16. The Balaban J connectivity index is 4.17. The van der Waals surface area contributed by atoms with E-state index in [0.29, 0.717) is 0 Å². The van der Waals surface area contributed by atoms with Crippen LogP contribution in [0.4, 0.5) is 0 Å². The molecular formula is C8H10N2O3S. The molecule has 0 heterocycles. The second kappa shape index (κ2) is 6.05. The zero-order valence-corrected chi connectivity index (χ0v) is 8.43. The monoisotopic (exact) mass is 214 g/mol. The Hall–Kier alpha value is -1.48. The maximum atomic E-state index is 11.2. The number of carbonyl (C=O) groups is 2. The van der Waals surface area contributed by atoms with Crippen molar-refractivity contribution in [3.8, 4) is 6.07 Å². The molecule has 0 radical (unpaired) electrons. The number of rotatable bonds is 5. The highest BCUT2D eigenvalue weighted by Gasteiger charge is 2.11. The minimum absolute atomic E-state index is 0.0380. The quantitative estimate of drug-likeness (QED) is 0.498. The van der Waals surface area contributed by atoms with E-state index in [2.05, 4.69) is 0 Å². The van der Waals surface area contributed by atoms with Crippen LogP contribution in [0.15, 0.2) is 11.3 Å². The van der Waals surface area contributed by atoms with Gasteiger partial charge in [0, 0.05) is 5.70 Å². The van der Waals surface area contributed by atoms with Crippen LogP contribution in [-0.2, 0) is 9.59 Å². The van der Waals surface area contributed by atoms with Crippen molar-refractivity contribution >= 4 is 23.5 Å². The molecule has 0 rings (SSSR count). The molecular weight excluding hydrogens is 204 g/mol. The molecule has 5 nitrogen and oxygen atoms in total. The van der Waals surface area contributed by atoms with Gasteiger partial charge in [0.2, 0.25) is 0 Å². The van der Waals surface area contributed by atoms with E-state index in [4.69, 9.17) is 16.1 Å². The van der Waals surface area contributed by atoms with Crippen molar-refractivity contribution in [1.29, 1.82) is 5.26 Å². The lowest BCUT2D eigenvalue weighted by Crippen LogP contribution is -2.11. The first-order valence-electron chi connectivity index (χ1n) is 3.68. The van der Waals surface area contributed by atoms with Crippen molar-refractivity contribution in [3.05, 3.63) is 11.3 Å². The van der Waals surface area contributed by atoms with Crippen LogP contribution in [0.25, 0.3) is 0 Å². The van der Waals surface area contributed by atoms with Gasteiger partial charge in [-0.1, -0.05) is 0 Å². The van der Waals surface area contributed by atoms with Gasteiger partial charge < -0.3 is 10.8 Å². The summed E-state index contributed by atoms with van der Waals surface area (Å²) in [5.74, 6) is -1.62. The number of nitriles is 1. The topological polar surface area (TPSA) is 104 Å². The van der Waals surface area contributed by atoms with Crippen molar-refractivity contribution in [2.75, 3.05) is 11.5 Å². The zero-order valence-electron chi connectivity index (χ0n) is 7.61. The first-order chi connectivity index (χ1) is 6.49. The van der Waals surface area contributed by atoms with Gasteiger partial charge in [-0.05, 0) is 6.92 Å². The van der Waals surface area contributed by atoms with Crippen molar-refractivity contribution in [3.63, 3.8) is 0 Å². The second-order valence-electron chi connectivity index (χ2n) is 2.48. The molecule has 14 heavy (non-hydrogen) atoms. The Morgan fingerprint density at radius 2 is 2.07 bits per heavy atom. The SMILES string of the molecule is C/C(N)=C(\C#N)C(=O)CSCC(=O)O. The van der Waals surface area contributed by atoms with Crippen LogP contribution in [-0.4, -0.2) is 28.4 Å². The highest BCUT2D eigenvalue weighted by molar-refractivity contribution is 8.00. The summed E-state index contributed by atoms with van der Waals surface area (Å²) in [6.07, 6.45) is 0. The number of Topliss-reactive ketones (excluding diaryl/α,β-unsaturated/α-hetero) is 1. The number of nitrogens with two attached hydrogens (primary N) is 1. The molecule has 0 bridgehead atoms. The third kappa shape index (κ3) is 4.52. The summed E-state index contributed by atoms with van der Waals surface area (Å²) >= 11 is 0.941. The van der Waals surface area contributed by atoms with E-state index >= 15 is 0 Å². The largest absolute Gasteiger partial charge is 0.481 e. The molecule has 76 valence electrons. The van der Waals surface area contributed by atoms with Crippen LogP contribution < -0.4 is 5.73 Å². The van der Waals surface area contributed by atoms with Crippen LogP contribution in [0, 0.1) is 11.3 Å². The van der Waals surface area contributed by atoms with Gasteiger partial charge in [0.1, 0.15) is 11.6 Å². The highest BCUT2D eigenvalue weighted by atomic mass is 32.2. The Kier molecular flexibility index (Phi) is 5.41. The number of ketones is 1. The van der Waals surface area contributed by atoms with Gasteiger partial charge in [-0.25, -0.2) is 0 Å². The number of aliphatic carboxylic acids is 1. The molecule has 0 saturated heterocycles. The van der Waals surface area contributed by atoms with Crippen LogP contribution in [0.5, 0.6) is 0 Å². The summed E-state index contributed by atoms with van der Waals surface area (Å²) < 4.78 is 0. The lowest BCUT2D eigenvalue weighted by Gasteiger charge is -1.99. The zero-order chi connectivity index (χ0) is 11.1. The molecule has 0 aromatic rings. The van der Waals surface area contributed by atoms with Gasteiger partial charge in [-0.2, -0.15) is 5.26 Å². The normalized spacial score (nSPS) is 11.4. The first-order valence-corrected chi connectivity index (χ1v) is 4.83. The third-order valence-electron chi connectivity index (χ3n) is 1.24. The molecule has 0 amide bonds. The van der Waals surface area contributed by atoms with E-state index in [-0.39, 0.29) is 22.8 Å². The minimum Gasteiger partial charge on any atom is -0.481 e. The first kappa shape index (κ1) is 12.5. The predicted molar refractivity (Wildman–Crippen MR) is 52.5 cm³/mol. The molecule has 0 spiro atoms. The average molecular weight is 214 g/mol. The predicted octanol–water partition coefficient (Wildman–Crippen LogP) is 0.130. The van der Waals surface area contributed by atoms with Gasteiger partial charge in [0.15, 0.2) is 5.78 Å². The standard InChI is InChI=1S/C8H10N2O3S/c1-5(10)6(2-9)7(11)3-14-4-8(12)13/h3-4,10H2,1H3,(H,12,13)/b6-5-. The average Bonchev–Trinajstić information content (AvgIpc) is 2.03. The van der Waals surface area contributed by atoms with Crippen LogP contribution in [0.1, 0.15) is 6.92 Å². The molecule has 0 aromatic carbocycles. The minimum atomic E-state index is -0.991. The Labute approximate surface area is 85.6 Å². The van der Waals surface area contributed by atoms with Crippen molar-refractivity contribution in [2.45, 2.75) is 6.92 Å². The van der Waals surface area contributed by atoms with Crippen LogP contribution >= 0.6 is 11.8 Å². The molecule has 0 fully saturated rings. The van der Waals surface area contributed by atoms with Crippen LogP contribution in [0.2, 0.25) is 0 Å². The fraction of sp³-hybridized carbons (Fsp3) is 0.375. The van der Waals surface area contributed by atoms with E-state index in [0.717, 1.165) is 11.8 Å². The van der Waals surface area contributed by atoms with Gasteiger partial charge >= 0.3 is 5.97 Å². The van der Waals surface area contributed by atoms with E-state index in [1.165, 1.54) is 6.92 Å². The Bertz CT molecular complexity index is 313. The molecule has 0 aliphatic rings. The summed E-state index contributed by atoms with van der Waals surface area (Å²) in [5.41, 5.74) is 5.36. The lowest BCUT2D eigenvalue weighted by molar-refractivity contribution is -0.133. The van der Waals surface area contributed by atoms with E-state index in [9.17, 15) is 9.59 Å². The van der Waals surface area contributed by atoms with E-state index in [1.807, 2.05) is 0 Å². The van der Waals surface area contributed by atoms with Crippen molar-refractivity contribution in [2.24, 2.45) is 5.73 Å². The van der Waals surface area contributed by atoms with E-state index < -0.39 is 11.8 Å². The maximum absolute atomic E-state index is 11.2. The number of thioether (sulfide) groups is 1. The van der Waals surface area contributed by atoms with Crippen molar-refractivity contribution in [1.82, 2.24) is 0 Å². The second-order valence-corrected chi connectivity index (χ2v) is 3.47. The van der Waals surface area contributed by atoms with Crippen molar-refractivity contribution < 1.29 is 14.7 Å². The molecule has 0 aliphatic heterocycles. The molecule has 0 aromatic heterocycles. The molecule has 0 aliphatic carbocycles. The smallest absolute Gasteiger partial charge is 0.313 e. The number of carboxylic acids is 1. The molecule has 0 saturated carbocycles. The summed E-state index contributed by atoms with van der Waals surface area (Å²) in [6, 6.07) is 1.68. The number of carbonyl (C=O) groups excluding carboxylic acids is 1. The summed E-state index contributed by atoms with van der Waals surface area (Å²) in [4.78, 5) is 21.3. The molecule has 3 N–H and O–H groups in total. The van der Waals surface area contributed by atoms with Crippen LogP contribution in [0.3, 0.4) is 0 Å². The fourth-order valence-corrected chi connectivity index (χ4v) is 1.28. The lowest BCUT2D eigenvalue weighted by atomic mass is 10.2. The Morgan fingerprint density at radius 3 is 2.43 bits per heavy atom. The Morgan fingerprint density at radius 1 is 1.50 bits per heavy atom.